The summed E-state index contributed by atoms with van der Waals surface area (Å²) >= 11 is 1.21. The third-order valence-electron chi connectivity index (χ3n) is 2.49. The van der Waals surface area contributed by atoms with Crippen LogP contribution in [0, 0.1) is 0 Å². The van der Waals surface area contributed by atoms with Gasteiger partial charge in [0.15, 0.2) is 5.12 Å². The van der Waals surface area contributed by atoms with Gasteiger partial charge in [0.2, 0.25) is 0 Å². The van der Waals surface area contributed by atoms with Crippen LogP contribution in [0.2, 0.25) is 0 Å². The van der Waals surface area contributed by atoms with Gasteiger partial charge in [0.25, 0.3) is 0 Å². The first kappa shape index (κ1) is 14.6. The number of hydrogen-bond donors (Lipinski definition) is 1. The van der Waals surface area contributed by atoms with Crippen molar-refractivity contribution in [3.05, 3.63) is 35.9 Å². The Kier molecular flexibility index (Phi) is 6.28. The molecule has 5 heteroatoms. The van der Waals surface area contributed by atoms with Crippen molar-refractivity contribution in [1.29, 1.82) is 0 Å². The molecule has 1 rings (SSSR count). The van der Waals surface area contributed by atoms with Crippen molar-refractivity contribution in [3.8, 4) is 0 Å². The van der Waals surface area contributed by atoms with Crippen LogP contribution in [0.25, 0.3) is 0 Å². The molecule has 0 heterocycles. The molecule has 0 aliphatic rings. The number of hydrogen-bond acceptors (Lipinski definition) is 3. The molecule has 0 aromatic heterocycles. The normalized spacial score (nSPS) is 10.1. The number of nitrogens with two attached hydrogens (primary N) is 1. The third kappa shape index (κ3) is 5.72. The summed E-state index contributed by atoms with van der Waals surface area (Å²) in [5.41, 5.74) is 6.48. The smallest absolute Gasteiger partial charge is 0.314 e. The van der Waals surface area contributed by atoms with E-state index in [1.807, 2.05) is 30.3 Å². The molecule has 1 aromatic carbocycles. The highest BCUT2D eigenvalue weighted by molar-refractivity contribution is 8.13. The van der Waals surface area contributed by atoms with Gasteiger partial charge in [0, 0.05) is 25.8 Å². The van der Waals surface area contributed by atoms with Crippen LogP contribution in [0.1, 0.15) is 12.5 Å². The molecule has 0 atom stereocenters. The molecule has 2 amide bonds. The Balaban J connectivity index is 2.38. The maximum absolute atomic E-state index is 11.3. The Bertz CT molecular complexity index is 395. The summed E-state index contributed by atoms with van der Waals surface area (Å²) in [4.78, 5) is 23.6. The third-order valence-corrected chi connectivity index (χ3v) is 3.28. The van der Waals surface area contributed by atoms with E-state index in [-0.39, 0.29) is 5.12 Å². The van der Waals surface area contributed by atoms with Crippen LogP contribution < -0.4 is 5.73 Å². The van der Waals surface area contributed by atoms with Gasteiger partial charge in [0.05, 0.1) is 0 Å². The summed E-state index contributed by atoms with van der Waals surface area (Å²) in [5.74, 6) is 0.590. The van der Waals surface area contributed by atoms with Crippen molar-refractivity contribution < 1.29 is 9.59 Å². The molecular formula is C13H18N2O2S. The van der Waals surface area contributed by atoms with Crippen LogP contribution in [0.5, 0.6) is 0 Å². The molecule has 0 aliphatic carbocycles. The fourth-order valence-corrected chi connectivity index (χ4v) is 2.14. The number of thioether (sulfide) groups is 1. The summed E-state index contributed by atoms with van der Waals surface area (Å²) in [7, 11) is 0. The van der Waals surface area contributed by atoms with Gasteiger partial charge >= 0.3 is 6.03 Å². The van der Waals surface area contributed by atoms with Gasteiger partial charge in [-0.05, 0) is 12.0 Å². The molecular weight excluding hydrogens is 248 g/mol. The van der Waals surface area contributed by atoms with Crippen molar-refractivity contribution in [1.82, 2.24) is 4.90 Å². The van der Waals surface area contributed by atoms with Crippen LogP contribution in [0.4, 0.5) is 4.79 Å². The summed E-state index contributed by atoms with van der Waals surface area (Å²) in [6, 6.07) is 9.49. The minimum atomic E-state index is -0.435. The number of carbonyl (C=O) groups excluding carboxylic acids is 2. The van der Waals surface area contributed by atoms with Gasteiger partial charge in [-0.3, -0.25) is 4.79 Å². The molecule has 0 saturated heterocycles. The maximum Gasteiger partial charge on any atom is 0.314 e. The van der Waals surface area contributed by atoms with E-state index in [0.29, 0.717) is 18.8 Å². The van der Waals surface area contributed by atoms with E-state index in [9.17, 15) is 9.59 Å². The Morgan fingerprint density at radius 1 is 1.22 bits per heavy atom. The van der Waals surface area contributed by atoms with Gasteiger partial charge < -0.3 is 10.6 Å². The van der Waals surface area contributed by atoms with Gasteiger partial charge in [-0.2, -0.15) is 0 Å². The van der Waals surface area contributed by atoms with E-state index in [2.05, 4.69) is 0 Å². The average Bonchev–Trinajstić information content (AvgIpc) is 2.34. The van der Waals surface area contributed by atoms with E-state index in [4.69, 9.17) is 5.73 Å². The molecule has 0 spiro atoms. The molecule has 0 saturated carbocycles. The first-order valence-electron chi connectivity index (χ1n) is 5.81. The maximum atomic E-state index is 11.3. The number of amides is 2. The summed E-state index contributed by atoms with van der Waals surface area (Å²) in [6.45, 7) is 2.60. The second-order valence-electron chi connectivity index (χ2n) is 3.90. The molecule has 0 radical (unpaired) electrons. The molecule has 18 heavy (non-hydrogen) atoms. The van der Waals surface area contributed by atoms with E-state index in [0.717, 1.165) is 6.42 Å². The van der Waals surface area contributed by atoms with Gasteiger partial charge in [-0.25, -0.2) is 4.79 Å². The topological polar surface area (TPSA) is 63.4 Å². The zero-order valence-corrected chi connectivity index (χ0v) is 11.3. The number of rotatable bonds is 6. The minimum absolute atomic E-state index is 0.0579. The largest absolute Gasteiger partial charge is 0.351 e. The van der Waals surface area contributed by atoms with Gasteiger partial charge in [-0.15, -0.1) is 0 Å². The summed E-state index contributed by atoms with van der Waals surface area (Å²) < 4.78 is 0. The van der Waals surface area contributed by atoms with Crippen LogP contribution in [-0.2, 0) is 11.2 Å². The molecule has 4 nitrogen and oxygen atoms in total. The lowest BCUT2D eigenvalue weighted by Gasteiger charge is -2.19. The summed E-state index contributed by atoms with van der Waals surface area (Å²) in [5, 5.41) is 0.0579. The standard InChI is InChI=1S/C13H18N2O2S/c1-11(16)18-10-9-15(13(14)17)8-7-12-5-3-2-4-6-12/h2-6H,7-10H2,1H3,(H2,14,17). The second kappa shape index (κ2) is 7.76. The predicted molar refractivity (Wildman–Crippen MR) is 74.4 cm³/mol. The van der Waals surface area contributed by atoms with Crippen LogP contribution >= 0.6 is 11.8 Å². The fourth-order valence-electron chi connectivity index (χ4n) is 1.54. The summed E-state index contributed by atoms with van der Waals surface area (Å²) in [6.07, 6.45) is 0.772. The van der Waals surface area contributed by atoms with Gasteiger partial charge in [0.1, 0.15) is 0 Å². The average molecular weight is 266 g/mol. The monoisotopic (exact) mass is 266 g/mol. The Morgan fingerprint density at radius 2 is 1.89 bits per heavy atom. The lowest BCUT2D eigenvalue weighted by atomic mass is 10.1. The SMILES string of the molecule is CC(=O)SCCN(CCc1ccccc1)C(N)=O. The number of benzene rings is 1. The highest BCUT2D eigenvalue weighted by Gasteiger charge is 2.09. The minimum Gasteiger partial charge on any atom is -0.351 e. The number of urea groups is 1. The Labute approximate surface area is 112 Å². The van der Waals surface area contributed by atoms with Crippen LogP contribution in [0.15, 0.2) is 30.3 Å². The van der Waals surface area contributed by atoms with Crippen molar-refractivity contribution in [2.24, 2.45) is 5.73 Å². The Hall–Kier alpha value is -1.49. The van der Waals surface area contributed by atoms with Crippen molar-refractivity contribution in [3.63, 3.8) is 0 Å². The molecule has 2 N–H and O–H groups in total. The first-order chi connectivity index (χ1) is 8.59. The Morgan fingerprint density at radius 3 is 2.44 bits per heavy atom. The number of nitrogens with zero attached hydrogens (tertiary/aromatic N) is 1. The van der Waals surface area contributed by atoms with Crippen LogP contribution in [-0.4, -0.2) is 34.9 Å². The number of carbonyl (C=O) groups is 2. The molecule has 98 valence electrons. The van der Waals surface area contributed by atoms with Crippen molar-refractivity contribution in [2.45, 2.75) is 13.3 Å². The molecule has 0 unspecified atom stereocenters. The lowest BCUT2D eigenvalue weighted by molar-refractivity contribution is -0.109. The fraction of sp³-hybridized carbons (Fsp3) is 0.385. The van der Waals surface area contributed by atoms with Crippen LogP contribution in [0.3, 0.4) is 0 Å². The molecule has 0 aliphatic heterocycles. The molecule has 1 aromatic rings. The quantitative estimate of drug-likeness (QED) is 0.855. The van der Waals surface area contributed by atoms with Gasteiger partial charge in [-0.1, -0.05) is 42.1 Å². The predicted octanol–water partition coefficient (Wildman–Crippen LogP) is 1.89. The molecule has 0 fully saturated rings. The van der Waals surface area contributed by atoms with E-state index in [1.54, 1.807) is 4.90 Å². The number of primary amides is 1. The van der Waals surface area contributed by atoms with Crippen molar-refractivity contribution in [2.75, 3.05) is 18.8 Å². The van der Waals surface area contributed by atoms with E-state index < -0.39 is 6.03 Å². The van der Waals surface area contributed by atoms with Crippen molar-refractivity contribution >= 4 is 22.9 Å². The highest BCUT2D eigenvalue weighted by Crippen LogP contribution is 2.05. The van der Waals surface area contributed by atoms with E-state index in [1.165, 1.54) is 24.2 Å². The zero-order valence-electron chi connectivity index (χ0n) is 10.5. The lowest BCUT2D eigenvalue weighted by Crippen LogP contribution is -2.38. The zero-order chi connectivity index (χ0) is 13.4. The highest BCUT2D eigenvalue weighted by atomic mass is 32.2. The van der Waals surface area contributed by atoms with E-state index >= 15 is 0 Å². The second-order valence-corrected chi connectivity index (χ2v) is 5.17. The first-order valence-corrected chi connectivity index (χ1v) is 6.80. The molecule has 0 bridgehead atoms.